The Balaban J connectivity index is 1.34. The van der Waals surface area contributed by atoms with Crippen LogP contribution in [0.3, 0.4) is 0 Å². The first-order chi connectivity index (χ1) is 28.3. The molecule has 6 rings (SSSR count). The van der Waals surface area contributed by atoms with Crippen LogP contribution in [0, 0.1) is 23.7 Å². The van der Waals surface area contributed by atoms with Crippen LogP contribution in [0.5, 0.6) is 11.5 Å². The van der Waals surface area contributed by atoms with E-state index in [2.05, 4.69) is 27.5 Å². The van der Waals surface area contributed by atoms with Gasteiger partial charge in [0, 0.05) is 41.2 Å². The maximum atomic E-state index is 14.7. The number of nitrogens with zero attached hydrogens (tertiary/aromatic N) is 3. The molecule has 0 spiro atoms. The molecule has 3 fully saturated rings. The number of carbonyl (C=O) groups excluding carboxylic acids is 5. The zero-order valence-electron chi connectivity index (χ0n) is 36.1. The molecule has 0 radical (unpaired) electrons. The van der Waals surface area contributed by atoms with Gasteiger partial charge >= 0.3 is 12.1 Å². The largest absolute Gasteiger partial charge is 0.496 e. The second-order valence-electron chi connectivity index (χ2n) is 18.4. The number of benzene rings is 1. The van der Waals surface area contributed by atoms with Crippen molar-refractivity contribution >= 4 is 57.2 Å². The highest BCUT2D eigenvalue weighted by molar-refractivity contribution is 7.14. The van der Waals surface area contributed by atoms with Gasteiger partial charge < -0.3 is 39.8 Å². The fraction of sp³-hybridized carbons (Fsp3) is 0.568. The molecule has 1 unspecified atom stereocenters. The number of rotatable bonds is 13. The minimum absolute atomic E-state index is 0.0199. The lowest BCUT2D eigenvalue weighted by Gasteiger charge is -2.35. The lowest BCUT2D eigenvalue weighted by molar-refractivity contribution is -0.148. The van der Waals surface area contributed by atoms with Crippen molar-refractivity contribution in [1.29, 1.82) is 0 Å². The highest BCUT2D eigenvalue weighted by Gasteiger charge is 2.62. The maximum Gasteiger partial charge on any atom is 0.408 e. The third kappa shape index (κ3) is 9.69. The number of amides is 4. The van der Waals surface area contributed by atoms with E-state index >= 15 is 0 Å². The number of carbonyl (C=O) groups is 5. The van der Waals surface area contributed by atoms with Gasteiger partial charge in [0.15, 0.2) is 5.13 Å². The fourth-order valence-electron chi connectivity index (χ4n) is 8.09. The van der Waals surface area contributed by atoms with Crippen molar-refractivity contribution in [3.8, 4) is 22.9 Å². The summed E-state index contributed by atoms with van der Waals surface area (Å²) in [6.07, 6.45) is 4.11. The Morgan fingerprint density at radius 1 is 1.02 bits per heavy atom. The summed E-state index contributed by atoms with van der Waals surface area (Å²) in [7, 11) is 2.84. The molecule has 4 amide bonds. The number of alkyl carbamates (subject to hydrolysis) is 1. The van der Waals surface area contributed by atoms with Crippen LogP contribution < -0.4 is 25.4 Å². The van der Waals surface area contributed by atoms with Crippen molar-refractivity contribution in [3.63, 3.8) is 0 Å². The molecule has 3 aliphatic rings. The third-order valence-electron chi connectivity index (χ3n) is 11.4. The van der Waals surface area contributed by atoms with Crippen LogP contribution in [0.4, 0.5) is 9.93 Å². The number of aryl methyl sites for hydroxylation is 1. The first-order valence-electron chi connectivity index (χ1n) is 20.5. The van der Waals surface area contributed by atoms with Gasteiger partial charge in [-0.05, 0) is 62.0 Å². The van der Waals surface area contributed by atoms with Crippen molar-refractivity contribution in [2.24, 2.45) is 16.7 Å². The molecule has 324 valence electrons. The number of nitrogens with one attached hydrogen (secondary N) is 3. The summed E-state index contributed by atoms with van der Waals surface area (Å²) >= 11 is 1.28. The number of thiazole rings is 1. The summed E-state index contributed by atoms with van der Waals surface area (Å²) in [6.45, 7) is 17.1. The van der Waals surface area contributed by atoms with E-state index in [9.17, 15) is 24.0 Å². The number of ether oxygens (including phenoxy) is 4. The first kappa shape index (κ1) is 44.3. The minimum Gasteiger partial charge on any atom is -0.496 e. The molecule has 3 N–H and O–H groups in total. The molecule has 5 atom stereocenters. The van der Waals surface area contributed by atoms with Gasteiger partial charge in [-0.2, -0.15) is 0 Å². The third-order valence-corrected chi connectivity index (χ3v) is 12.1. The van der Waals surface area contributed by atoms with Gasteiger partial charge in [-0.25, -0.2) is 19.6 Å². The lowest BCUT2D eigenvalue weighted by Crippen LogP contribution is -2.59. The van der Waals surface area contributed by atoms with Gasteiger partial charge in [0.2, 0.25) is 17.7 Å². The van der Waals surface area contributed by atoms with Crippen LogP contribution in [0.25, 0.3) is 22.3 Å². The number of esters is 1. The Labute approximate surface area is 355 Å². The molecular formula is C44H58N6O9S. The SMILES string of the molecule is C=CC1C[C@]1(NC(=O)[C@@H]1C[C@@H](Oc2cc(-c3csc(NC(=O)CC(C)(C)C)n3)nc3c(C)c(OC)ccc23)CN1C(=O)[C@@H](NC(=O)OC1CCCC1)C(C)(C)C)C(=O)OC. The van der Waals surface area contributed by atoms with Crippen molar-refractivity contribution in [3.05, 3.63) is 41.8 Å². The molecule has 2 aliphatic carbocycles. The first-order valence-corrected chi connectivity index (χ1v) is 21.4. The van der Waals surface area contributed by atoms with Gasteiger partial charge in [-0.1, -0.05) is 47.6 Å². The maximum absolute atomic E-state index is 14.7. The average molecular weight is 847 g/mol. The van der Waals surface area contributed by atoms with Gasteiger partial charge in [-0.3, -0.25) is 14.4 Å². The van der Waals surface area contributed by atoms with Crippen molar-refractivity contribution in [2.75, 3.05) is 26.1 Å². The molecule has 2 aromatic heterocycles. The van der Waals surface area contributed by atoms with Gasteiger partial charge in [-0.15, -0.1) is 17.9 Å². The molecule has 1 aliphatic heterocycles. The van der Waals surface area contributed by atoms with Crippen LogP contribution in [0.1, 0.15) is 92.1 Å². The standard InChI is InChI=1S/C44H58N6O9S/c1-11-25-20-44(25,39(54)57-10)49-37(52)31-18-27(22-50(31)38(53)36(43(6,7)8)48-41(55)59-26-14-12-13-15-26)58-33-19-29(45-35-24(2)32(56-9)17-16-28(33)35)30-23-60-40(46-30)47-34(51)21-42(3,4)5/h11,16-17,19,23,25-27,31,36H,1,12-15,18,20-22H2,2-10H3,(H,48,55)(H,49,52)(H,46,47,51)/t25?,27-,31+,36-,44-/m1/s1. The second-order valence-corrected chi connectivity index (χ2v) is 19.2. The summed E-state index contributed by atoms with van der Waals surface area (Å²) in [6, 6.07) is 3.27. The van der Waals surface area contributed by atoms with Gasteiger partial charge in [0.05, 0.1) is 32.0 Å². The molecule has 15 nitrogen and oxygen atoms in total. The molecule has 1 saturated heterocycles. The monoisotopic (exact) mass is 846 g/mol. The normalized spacial score (nSPS) is 22.1. The highest BCUT2D eigenvalue weighted by Crippen LogP contribution is 2.46. The average Bonchev–Trinajstić information content (AvgIpc) is 3.60. The van der Waals surface area contributed by atoms with Crippen LogP contribution in [0.2, 0.25) is 0 Å². The van der Waals surface area contributed by atoms with E-state index in [1.54, 1.807) is 24.6 Å². The Bertz CT molecular complexity index is 2150. The van der Waals surface area contributed by atoms with Gasteiger partial charge in [0.1, 0.15) is 47.0 Å². The summed E-state index contributed by atoms with van der Waals surface area (Å²) in [5.41, 5.74) is 0.0485. The number of fused-ring (bicyclic) bond motifs is 1. The number of likely N-dealkylation sites (tertiary alicyclic amines) is 1. The Kier molecular flexibility index (Phi) is 12.8. The van der Waals surface area contributed by atoms with Crippen LogP contribution in [0.15, 0.2) is 36.2 Å². The number of anilines is 1. The molecule has 1 aromatic carbocycles. The molecular weight excluding hydrogens is 789 g/mol. The number of pyridine rings is 1. The zero-order chi connectivity index (χ0) is 43.7. The van der Waals surface area contributed by atoms with E-state index in [-0.39, 0.29) is 36.3 Å². The number of hydrogen-bond donors (Lipinski definition) is 3. The smallest absolute Gasteiger partial charge is 0.408 e. The Hall–Kier alpha value is -5.25. The van der Waals surface area contributed by atoms with E-state index in [0.717, 1.165) is 31.2 Å². The number of methoxy groups -OCH3 is 2. The van der Waals surface area contributed by atoms with Gasteiger partial charge in [0.25, 0.3) is 0 Å². The summed E-state index contributed by atoms with van der Waals surface area (Å²) in [5, 5.41) is 11.5. The van der Waals surface area contributed by atoms with E-state index in [4.69, 9.17) is 23.9 Å². The van der Waals surface area contributed by atoms with E-state index in [1.807, 2.05) is 60.6 Å². The van der Waals surface area contributed by atoms with E-state index in [1.165, 1.54) is 23.3 Å². The molecule has 2 saturated carbocycles. The van der Waals surface area contributed by atoms with Crippen LogP contribution in [-0.4, -0.2) is 95.2 Å². The minimum atomic E-state index is -1.31. The molecule has 3 aromatic rings. The number of aromatic nitrogens is 2. The predicted molar refractivity (Wildman–Crippen MR) is 228 cm³/mol. The Morgan fingerprint density at radius 3 is 2.35 bits per heavy atom. The van der Waals surface area contributed by atoms with Crippen molar-refractivity contribution in [1.82, 2.24) is 25.5 Å². The molecule has 60 heavy (non-hydrogen) atoms. The molecule has 16 heteroatoms. The van der Waals surface area contributed by atoms with Crippen LogP contribution >= 0.6 is 11.3 Å². The second kappa shape index (κ2) is 17.4. The van der Waals surface area contributed by atoms with E-state index in [0.29, 0.717) is 51.8 Å². The molecule has 0 bridgehead atoms. The summed E-state index contributed by atoms with van der Waals surface area (Å²) in [5.74, 6) is -1.11. The quantitative estimate of drug-likeness (QED) is 0.123. The Morgan fingerprint density at radius 2 is 1.73 bits per heavy atom. The van der Waals surface area contributed by atoms with Crippen LogP contribution in [-0.2, 0) is 28.7 Å². The lowest BCUT2D eigenvalue weighted by atomic mass is 9.85. The van der Waals surface area contributed by atoms with Crippen molar-refractivity contribution < 1.29 is 42.9 Å². The summed E-state index contributed by atoms with van der Waals surface area (Å²) in [4.78, 5) is 79.1. The number of hydrogen-bond acceptors (Lipinski definition) is 12. The summed E-state index contributed by atoms with van der Waals surface area (Å²) < 4.78 is 23.2. The zero-order valence-corrected chi connectivity index (χ0v) is 36.9. The fourth-order valence-corrected chi connectivity index (χ4v) is 8.81. The van der Waals surface area contributed by atoms with Crippen molar-refractivity contribution in [2.45, 2.75) is 123 Å². The van der Waals surface area contributed by atoms with E-state index < -0.39 is 53.0 Å². The highest BCUT2D eigenvalue weighted by atomic mass is 32.1. The molecule has 3 heterocycles. The predicted octanol–water partition coefficient (Wildman–Crippen LogP) is 6.72. The topological polar surface area (TPSA) is 187 Å².